The van der Waals surface area contributed by atoms with Gasteiger partial charge in [0, 0.05) is 25.0 Å². The molecule has 1 aliphatic rings. The Bertz CT molecular complexity index is 475. The molecule has 7 heteroatoms. The van der Waals surface area contributed by atoms with Crippen LogP contribution in [-0.2, 0) is 4.74 Å². The summed E-state index contributed by atoms with van der Waals surface area (Å²) in [6.07, 6.45) is -2.76. The van der Waals surface area contributed by atoms with E-state index in [2.05, 4.69) is 0 Å². The molecule has 1 aromatic rings. The van der Waals surface area contributed by atoms with Crippen LogP contribution in [0.15, 0.2) is 24.3 Å². The molecule has 0 aromatic heterocycles. The lowest BCUT2D eigenvalue weighted by atomic mass is 10.1. The van der Waals surface area contributed by atoms with Gasteiger partial charge in [-0.2, -0.15) is 13.2 Å². The lowest BCUT2D eigenvalue weighted by Crippen LogP contribution is -2.36. The Morgan fingerprint density at radius 3 is 2.35 bits per heavy atom. The summed E-state index contributed by atoms with van der Waals surface area (Å²) in [4.78, 5) is 0. The lowest BCUT2D eigenvalue weighted by Gasteiger charge is -2.35. The van der Waals surface area contributed by atoms with Crippen molar-refractivity contribution in [3.63, 3.8) is 0 Å². The van der Waals surface area contributed by atoms with E-state index < -0.39 is 12.2 Å². The minimum atomic E-state index is -4.33. The van der Waals surface area contributed by atoms with Gasteiger partial charge in [-0.3, -0.25) is 0 Å². The van der Waals surface area contributed by atoms with E-state index >= 15 is 0 Å². The van der Waals surface area contributed by atoms with Crippen LogP contribution in [0.5, 0.6) is 5.75 Å². The summed E-state index contributed by atoms with van der Waals surface area (Å²) in [6.45, 7) is 3.32. The van der Waals surface area contributed by atoms with Crippen LogP contribution in [0.25, 0.3) is 0 Å². The second-order valence-corrected chi connectivity index (χ2v) is 6.71. The second-order valence-electron chi connectivity index (χ2n) is 5.37. The molecule has 0 radical (unpaired) electrons. The van der Waals surface area contributed by atoms with Crippen molar-refractivity contribution in [2.24, 2.45) is 0 Å². The number of hydrogen-bond donors (Lipinski definition) is 0. The van der Waals surface area contributed by atoms with Crippen molar-refractivity contribution < 1.29 is 22.6 Å². The van der Waals surface area contributed by atoms with E-state index in [0.29, 0.717) is 25.5 Å². The quantitative estimate of drug-likeness (QED) is 0.708. The highest BCUT2D eigenvalue weighted by Crippen LogP contribution is 2.43. The highest BCUT2D eigenvalue weighted by Gasteiger charge is 2.45. The van der Waals surface area contributed by atoms with Crippen LogP contribution in [0, 0.1) is 0 Å². The Balaban J connectivity index is 2.20. The van der Waals surface area contributed by atoms with Gasteiger partial charge in [-0.25, -0.2) is 4.31 Å². The monoisotopic (exact) mass is 349 g/mol. The molecular formula is C16H22F3NO2S. The first kappa shape index (κ1) is 18.4. The molecule has 0 bridgehead atoms. The Labute approximate surface area is 139 Å². The molecule has 1 heterocycles. The molecule has 0 N–H and O–H groups in total. The fourth-order valence-corrected chi connectivity index (χ4v) is 3.89. The summed E-state index contributed by atoms with van der Waals surface area (Å²) < 4.78 is 52.8. The Kier molecular flexibility index (Phi) is 6.61. The minimum Gasteiger partial charge on any atom is -0.497 e. The number of ether oxygens (including phenoxy) is 2. The predicted octanol–water partition coefficient (Wildman–Crippen LogP) is 4.45. The number of methoxy groups -OCH3 is 1. The van der Waals surface area contributed by atoms with E-state index in [9.17, 15) is 13.2 Å². The van der Waals surface area contributed by atoms with Crippen molar-refractivity contribution in [1.29, 1.82) is 0 Å². The molecule has 130 valence electrons. The minimum absolute atomic E-state index is 0.173. The number of benzene rings is 1. The Morgan fingerprint density at radius 1 is 1.26 bits per heavy atom. The third-order valence-electron chi connectivity index (χ3n) is 3.79. The first-order valence-electron chi connectivity index (χ1n) is 7.67. The van der Waals surface area contributed by atoms with Crippen molar-refractivity contribution in [3.8, 4) is 5.75 Å². The zero-order chi connectivity index (χ0) is 16.9. The maximum atomic E-state index is 13.7. The Morgan fingerprint density at radius 2 is 1.87 bits per heavy atom. The third-order valence-corrected chi connectivity index (χ3v) is 5.30. The van der Waals surface area contributed by atoms with E-state index in [1.807, 2.05) is 0 Å². The van der Waals surface area contributed by atoms with E-state index in [1.165, 1.54) is 35.5 Å². The van der Waals surface area contributed by atoms with Crippen LogP contribution in [0.2, 0.25) is 0 Å². The number of rotatable bonds is 6. The fourth-order valence-electron chi connectivity index (χ4n) is 2.60. The number of halogens is 3. The highest BCUT2D eigenvalue weighted by molar-refractivity contribution is 7.97. The average molecular weight is 349 g/mol. The zero-order valence-electron chi connectivity index (χ0n) is 13.3. The first-order valence-corrected chi connectivity index (χ1v) is 8.51. The van der Waals surface area contributed by atoms with Gasteiger partial charge in [0.25, 0.3) is 0 Å². The van der Waals surface area contributed by atoms with Gasteiger partial charge in [0.05, 0.1) is 7.11 Å². The SMILES string of the molecule is CCN(SC1CCOCC1)C(c1ccc(OC)cc1)C(F)(F)F. The van der Waals surface area contributed by atoms with Gasteiger partial charge < -0.3 is 9.47 Å². The molecule has 23 heavy (non-hydrogen) atoms. The van der Waals surface area contributed by atoms with Crippen molar-refractivity contribution in [2.75, 3.05) is 26.9 Å². The largest absolute Gasteiger partial charge is 0.497 e. The van der Waals surface area contributed by atoms with Gasteiger partial charge in [0.15, 0.2) is 0 Å². The molecule has 0 saturated carbocycles. The average Bonchev–Trinajstić information content (AvgIpc) is 2.54. The van der Waals surface area contributed by atoms with Crippen molar-refractivity contribution in [1.82, 2.24) is 4.31 Å². The van der Waals surface area contributed by atoms with E-state index in [1.54, 1.807) is 19.1 Å². The fraction of sp³-hybridized carbons (Fsp3) is 0.625. The van der Waals surface area contributed by atoms with Gasteiger partial charge in [-0.05, 0) is 30.5 Å². The second kappa shape index (κ2) is 8.26. The first-order chi connectivity index (χ1) is 11.0. The molecule has 0 spiro atoms. The van der Waals surface area contributed by atoms with Gasteiger partial charge >= 0.3 is 6.18 Å². The molecule has 1 aromatic carbocycles. The standard InChI is InChI=1S/C16H22F3NO2S/c1-3-20(23-14-8-10-22-11-9-14)15(16(17,18)19)12-4-6-13(21-2)7-5-12/h4-7,14-15H,3,8-11H2,1-2H3. The topological polar surface area (TPSA) is 21.7 Å². The molecule has 1 atom stereocenters. The smallest absolute Gasteiger partial charge is 0.408 e. The zero-order valence-corrected chi connectivity index (χ0v) is 14.1. The summed E-state index contributed by atoms with van der Waals surface area (Å²) in [7, 11) is 1.50. The van der Waals surface area contributed by atoms with Crippen LogP contribution in [0.3, 0.4) is 0 Å². The molecule has 3 nitrogen and oxygen atoms in total. The van der Waals surface area contributed by atoms with Crippen LogP contribution in [-0.4, -0.2) is 42.6 Å². The number of hydrogen-bond acceptors (Lipinski definition) is 4. The van der Waals surface area contributed by atoms with Gasteiger partial charge in [0.1, 0.15) is 11.8 Å². The third kappa shape index (κ3) is 5.02. The summed E-state index contributed by atoms with van der Waals surface area (Å²) >= 11 is 1.31. The van der Waals surface area contributed by atoms with E-state index in [0.717, 1.165) is 12.8 Å². The molecule has 0 aliphatic carbocycles. The van der Waals surface area contributed by atoms with Crippen LogP contribution < -0.4 is 4.74 Å². The van der Waals surface area contributed by atoms with Crippen molar-refractivity contribution in [3.05, 3.63) is 29.8 Å². The molecule has 1 aliphatic heterocycles. The summed E-state index contributed by atoms with van der Waals surface area (Å²) in [5.41, 5.74) is 0.236. The van der Waals surface area contributed by atoms with Crippen LogP contribution >= 0.6 is 11.9 Å². The molecule has 1 fully saturated rings. The molecule has 1 saturated heterocycles. The molecule has 2 rings (SSSR count). The summed E-state index contributed by atoms with van der Waals surface area (Å²) in [6, 6.07) is 4.50. The van der Waals surface area contributed by atoms with Crippen molar-refractivity contribution >= 4 is 11.9 Å². The molecule has 0 amide bonds. The number of nitrogens with zero attached hydrogens (tertiary/aromatic N) is 1. The van der Waals surface area contributed by atoms with Crippen molar-refractivity contribution in [2.45, 2.75) is 37.2 Å². The van der Waals surface area contributed by atoms with E-state index in [-0.39, 0.29) is 10.8 Å². The maximum absolute atomic E-state index is 13.7. The normalized spacial score (nSPS) is 18.2. The molecule has 1 unspecified atom stereocenters. The van der Waals surface area contributed by atoms with E-state index in [4.69, 9.17) is 9.47 Å². The highest BCUT2D eigenvalue weighted by atomic mass is 32.2. The Hall–Kier alpha value is -0.920. The molecular weight excluding hydrogens is 327 g/mol. The predicted molar refractivity (Wildman–Crippen MR) is 85.6 cm³/mol. The van der Waals surface area contributed by atoms with Gasteiger partial charge in [-0.1, -0.05) is 31.0 Å². The van der Waals surface area contributed by atoms with Gasteiger partial charge in [-0.15, -0.1) is 0 Å². The summed E-state index contributed by atoms with van der Waals surface area (Å²) in [5.74, 6) is 0.551. The summed E-state index contributed by atoms with van der Waals surface area (Å²) in [5, 5.41) is 0.173. The maximum Gasteiger partial charge on any atom is 0.408 e. The lowest BCUT2D eigenvalue weighted by molar-refractivity contribution is -0.172. The van der Waals surface area contributed by atoms with Crippen LogP contribution in [0.4, 0.5) is 13.2 Å². The van der Waals surface area contributed by atoms with Gasteiger partial charge in [0.2, 0.25) is 0 Å². The number of alkyl halides is 3. The van der Waals surface area contributed by atoms with Crippen LogP contribution in [0.1, 0.15) is 31.4 Å².